The van der Waals surface area contributed by atoms with E-state index < -0.39 is 0 Å². The number of rotatable bonds is 1. The second-order valence-corrected chi connectivity index (χ2v) is 3.39. The highest BCUT2D eigenvalue weighted by Crippen LogP contribution is 2.17. The lowest BCUT2D eigenvalue weighted by atomic mass is 10.1. The fourth-order valence-corrected chi connectivity index (χ4v) is 1.59. The second kappa shape index (κ2) is 3.34. The standard InChI is InChI=1S/C10H7N5O/c16-9-6-8(7-4-2-1-3-5-7)11-10-12-13-14-15(9)10/h1-5H,6H2. The quantitative estimate of drug-likeness (QED) is 0.658. The summed E-state index contributed by atoms with van der Waals surface area (Å²) in [5.41, 5.74) is 1.62. The van der Waals surface area contributed by atoms with Crippen LogP contribution in [0.3, 0.4) is 0 Å². The monoisotopic (exact) mass is 213 g/mol. The molecule has 1 aromatic carbocycles. The van der Waals surface area contributed by atoms with Gasteiger partial charge in [0.1, 0.15) is 0 Å². The number of fused-ring (bicyclic) bond motifs is 1. The molecule has 1 aromatic heterocycles. The van der Waals surface area contributed by atoms with Crippen LogP contribution < -0.4 is 0 Å². The van der Waals surface area contributed by atoms with E-state index in [-0.39, 0.29) is 18.3 Å². The van der Waals surface area contributed by atoms with Crippen molar-refractivity contribution in [2.75, 3.05) is 0 Å². The molecule has 2 aromatic rings. The molecule has 0 saturated carbocycles. The number of benzene rings is 1. The maximum absolute atomic E-state index is 11.7. The number of nitrogens with zero attached hydrogens (tertiary/aromatic N) is 5. The first kappa shape index (κ1) is 8.90. The summed E-state index contributed by atoms with van der Waals surface area (Å²) >= 11 is 0. The minimum absolute atomic E-state index is 0.158. The minimum atomic E-state index is -0.158. The lowest BCUT2D eigenvalue weighted by molar-refractivity contribution is 0.0904. The van der Waals surface area contributed by atoms with Crippen LogP contribution in [-0.2, 0) is 0 Å². The van der Waals surface area contributed by atoms with Crippen LogP contribution in [0.15, 0.2) is 35.3 Å². The molecule has 6 heteroatoms. The largest absolute Gasteiger partial charge is 0.276 e. The van der Waals surface area contributed by atoms with Crippen molar-refractivity contribution in [1.29, 1.82) is 0 Å². The fraction of sp³-hybridized carbons (Fsp3) is 0.100. The Morgan fingerprint density at radius 2 is 2.00 bits per heavy atom. The molecule has 78 valence electrons. The Hall–Kier alpha value is -2.37. The first-order valence-electron chi connectivity index (χ1n) is 4.79. The molecule has 0 spiro atoms. The first-order valence-corrected chi connectivity index (χ1v) is 4.79. The molecule has 16 heavy (non-hydrogen) atoms. The summed E-state index contributed by atoms with van der Waals surface area (Å²) in [4.78, 5) is 15.9. The second-order valence-electron chi connectivity index (χ2n) is 3.39. The summed E-state index contributed by atoms with van der Waals surface area (Å²) in [6.07, 6.45) is 0.224. The van der Waals surface area contributed by atoms with Crippen LogP contribution >= 0.6 is 0 Å². The Bertz CT molecular complexity index is 572. The fourth-order valence-electron chi connectivity index (χ4n) is 1.59. The molecule has 3 rings (SSSR count). The maximum atomic E-state index is 11.7. The van der Waals surface area contributed by atoms with Crippen molar-refractivity contribution in [3.8, 4) is 0 Å². The molecule has 0 amide bonds. The summed E-state index contributed by atoms with van der Waals surface area (Å²) in [5, 5.41) is 10.7. The van der Waals surface area contributed by atoms with Crippen LogP contribution in [-0.4, -0.2) is 31.8 Å². The van der Waals surface area contributed by atoms with E-state index >= 15 is 0 Å². The highest BCUT2D eigenvalue weighted by atomic mass is 16.2. The number of hydrogen-bond acceptors (Lipinski definition) is 5. The van der Waals surface area contributed by atoms with Gasteiger partial charge in [-0.05, 0) is 16.0 Å². The molecule has 0 radical (unpaired) electrons. The summed E-state index contributed by atoms with van der Waals surface area (Å²) in [5.74, 6) is 0.0870. The Morgan fingerprint density at radius 3 is 2.81 bits per heavy atom. The number of tetrazole rings is 1. The lowest BCUT2D eigenvalue weighted by Gasteiger charge is -2.10. The molecule has 0 atom stereocenters. The van der Waals surface area contributed by atoms with Gasteiger partial charge in [-0.2, -0.15) is 0 Å². The van der Waals surface area contributed by atoms with Crippen LogP contribution in [0.25, 0.3) is 0 Å². The SMILES string of the molecule is O=C1CC(c2ccccc2)=Nc2nnnn21. The molecule has 2 heterocycles. The number of carbonyl (C=O) groups excluding carboxylic acids is 1. The van der Waals surface area contributed by atoms with Crippen molar-refractivity contribution in [2.24, 2.45) is 4.99 Å². The first-order chi connectivity index (χ1) is 7.84. The average molecular weight is 213 g/mol. The van der Waals surface area contributed by atoms with Crippen LogP contribution in [0.1, 0.15) is 16.8 Å². The predicted molar refractivity (Wildman–Crippen MR) is 55.7 cm³/mol. The van der Waals surface area contributed by atoms with Gasteiger partial charge in [-0.1, -0.05) is 35.4 Å². The summed E-state index contributed by atoms with van der Waals surface area (Å²) in [7, 11) is 0. The Morgan fingerprint density at radius 1 is 1.19 bits per heavy atom. The summed E-state index contributed by atoms with van der Waals surface area (Å²) in [6, 6.07) is 9.54. The van der Waals surface area contributed by atoms with E-state index in [1.165, 1.54) is 0 Å². The summed E-state index contributed by atoms with van der Waals surface area (Å²) in [6.45, 7) is 0. The molecular formula is C10H7N5O. The van der Waals surface area contributed by atoms with Crippen LogP contribution in [0.2, 0.25) is 0 Å². The smallest absolute Gasteiger partial charge is 0.272 e. The molecule has 1 aliphatic rings. The molecule has 0 fully saturated rings. The molecule has 0 saturated heterocycles. The highest BCUT2D eigenvalue weighted by Gasteiger charge is 2.22. The van der Waals surface area contributed by atoms with Gasteiger partial charge in [0, 0.05) is 0 Å². The molecule has 0 bridgehead atoms. The van der Waals surface area contributed by atoms with E-state index in [2.05, 4.69) is 20.5 Å². The van der Waals surface area contributed by atoms with Crippen molar-refractivity contribution in [3.05, 3.63) is 35.9 Å². The van der Waals surface area contributed by atoms with Gasteiger partial charge in [-0.25, -0.2) is 4.99 Å². The third-order valence-electron chi connectivity index (χ3n) is 2.35. The van der Waals surface area contributed by atoms with Gasteiger partial charge in [0.25, 0.3) is 11.9 Å². The Balaban J connectivity index is 2.10. The van der Waals surface area contributed by atoms with Crippen LogP contribution in [0.4, 0.5) is 5.95 Å². The highest BCUT2D eigenvalue weighted by molar-refractivity contribution is 6.13. The predicted octanol–water partition coefficient (Wildman–Crippen LogP) is 0.838. The van der Waals surface area contributed by atoms with Crippen LogP contribution in [0, 0.1) is 0 Å². The van der Waals surface area contributed by atoms with Crippen molar-refractivity contribution in [3.63, 3.8) is 0 Å². The van der Waals surface area contributed by atoms with E-state index in [4.69, 9.17) is 0 Å². The van der Waals surface area contributed by atoms with E-state index in [0.717, 1.165) is 10.2 Å². The number of hydrogen-bond donors (Lipinski definition) is 0. The van der Waals surface area contributed by atoms with Gasteiger partial charge < -0.3 is 0 Å². The van der Waals surface area contributed by atoms with Gasteiger partial charge in [-0.3, -0.25) is 4.79 Å². The van der Waals surface area contributed by atoms with Gasteiger partial charge in [0.2, 0.25) is 0 Å². The number of aromatic nitrogens is 4. The average Bonchev–Trinajstić information content (AvgIpc) is 2.79. The zero-order chi connectivity index (χ0) is 11.0. The topological polar surface area (TPSA) is 73.0 Å². The van der Waals surface area contributed by atoms with E-state index in [1.54, 1.807) is 0 Å². The third kappa shape index (κ3) is 1.31. The number of carbonyl (C=O) groups is 1. The zero-order valence-corrected chi connectivity index (χ0v) is 8.24. The van der Waals surface area contributed by atoms with Crippen molar-refractivity contribution < 1.29 is 4.79 Å². The maximum Gasteiger partial charge on any atom is 0.276 e. The van der Waals surface area contributed by atoms with E-state index in [0.29, 0.717) is 5.71 Å². The van der Waals surface area contributed by atoms with Gasteiger partial charge in [0.05, 0.1) is 12.1 Å². The molecule has 0 aliphatic carbocycles. The zero-order valence-electron chi connectivity index (χ0n) is 8.24. The Kier molecular flexibility index (Phi) is 1.86. The van der Waals surface area contributed by atoms with Gasteiger partial charge in [-0.15, -0.1) is 4.68 Å². The van der Waals surface area contributed by atoms with Gasteiger partial charge >= 0.3 is 0 Å². The molecule has 6 nitrogen and oxygen atoms in total. The van der Waals surface area contributed by atoms with Crippen molar-refractivity contribution >= 4 is 17.6 Å². The molecule has 1 aliphatic heterocycles. The lowest BCUT2D eigenvalue weighted by Crippen LogP contribution is -2.21. The van der Waals surface area contributed by atoms with Crippen LogP contribution in [0.5, 0.6) is 0 Å². The summed E-state index contributed by atoms with van der Waals surface area (Å²) < 4.78 is 1.12. The number of aliphatic imine (C=N–C) groups is 1. The van der Waals surface area contributed by atoms with Gasteiger partial charge in [0.15, 0.2) is 0 Å². The normalized spacial score (nSPS) is 14.5. The minimum Gasteiger partial charge on any atom is -0.272 e. The third-order valence-corrected chi connectivity index (χ3v) is 2.35. The molecular weight excluding hydrogens is 206 g/mol. The Labute approximate surface area is 90.6 Å². The van der Waals surface area contributed by atoms with E-state index in [9.17, 15) is 4.79 Å². The van der Waals surface area contributed by atoms with Crippen molar-refractivity contribution in [1.82, 2.24) is 20.2 Å². The van der Waals surface area contributed by atoms with E-state index in [1.807, 2.05) is 30.3 Å². The molecule has 0 unspecified atom stereocenters. The molecule has 0 N–H and O–H groups in total. The van der Waals surface area contributed by atoms with Crippen molar-refractivity contribution in [2.45, 2.75) is 6.42 Å².